The van der Waals surface area contributed by atoms with Crippen molar-refractivity contribution in [1.82, 2.24) is 10.2 Å². The number of sulfonamides is 1. The Morgan fingerprint density at radius 2 is 1.54 bits per heavy atom. The smallest absolute Gasteiger partial charge is 0.264 e. The Balaban J connectivity index is 1.96. The number of nitrogens with one attached hydrogen (secondary N) is 1. The number of hydrogen-bond donors (Lipinski definition) is 1. The van der Waals surface area contributed by atoms with Gasteiger partial charge in [0.15, 0.2) is 0 Å². The summed E-state index contributed by atoms with van der Waals surface area (Å²) in [5.74, 6) is -0.770. The molecule has 0 spiro atoms. The number of carbonyl (C=O) groups is 2. The van der Waals surface area contributed by atoms with Crippen LogP contribution in [0.25, 0.3) is 0 Å². The van der Waals surface area contributed by atoms with E-state index in [1.807, 2.05) is 51.1 Å². The zero-order chi connectivity index (χ0) is 28.6. The molecule has 0 aliphatic carbocycles. The lowest BCUT2D eigenvalue weighted by Crippen LogP contribution is -2.53. The second-order valence-corrected chi connectivity index (χ2v) is 11.9. The zero-order valence-electron chi connectivity index (χ0n) is 22.8. The molecule has 7 nitrogen and oxygen atoms in total. The van der Waals surface area contributed by atoms with Crippen LogP contribution in [0, 0.1) is 6.92 Å². The van der Waals surface area contributed by atoms with Gasteiger partial charge in [0, 0.05) is 17.6 Å². The summed E-state index contributed by atoms with van der Waals surface area (Å²) < 4.78 is 28.7. The molecule has 0 radical (unpaired) electrons. The van der Waals surface area contributed by atoms with Gasteiger partial charge in [-0.05, 0) is 75.6 Å². The molecule has 0 heterocycles. The first kappa shape index (κ1) is 30.2. The Morgan fingerprint density at radius 3 is 2.13 bits per heavy atom. The van der Waals surface area contributed by atoms with E-state index < -0.39 is 28.5 Å². The zero-order valence-corrected chi connectivity index (χ0v) is 24.4. The number of hydrogen-bond acceptors (Lipinski definition) is 4. The van der Waals surface area contributed by atoms with Gasteiger partial charge in [-0.15, -0.1) is 0 Å². The molecule has 3 aromatic rings. The number of benzene rings is 3. The molecule has 0 saturated heterocycles. The van der Waals surface area contributed by atoms with Gasteiger partial charge >= 0.3 is 0 Å². The minimum absolute atomic E-state index is 0.0569. The molecule has 9 heteroatoms. The predicted molar refractivity (Wildman–Crippen MR) is 156 cm³/mol. The van der Waals surface area contributed by atoms with Gasteiger partial charge in [0.05, 0.1) is 10.6 Å². The summed E-state index contributed by atoms with van der Waals surface area (Å²) in [5.41, 5.74) is 2.22. The third kappa shape index (κ3) is 8.07. The number of nitrogens with zero attached hydrogens (tertiary/aromatic N) is 2. The van der Waals surface area contributed by atoms with Gasteiger partial charge in [-0.1, -0.05) is 66.6 Å². The van der Waals surface area contributed by atoms with Crippen molar-refractivity contribution < 1.29 is 18.0 Å². The van der Waals surface area contributed by atoms with Crippen molar-refractivity contribution in [1.29, 1.82) is 0 Å². The van der Waals surface area contributed by atoms with Crippen LogP contribution in [0.3, 0.4) is 0 Å². The molecule has 0 aromatic heterocycles. The van der Waals surface area contributed by atoms with E-state index in [-0.39, 0.29) is 23.4 Å². The molecular formula is C30H36ClN3O4S. The van der Waals surface area contributed by atoms with Crippen LogP contribution < -0.4 is 9.62 Å². The van der Waals surface area contributed by atoms with Crippen molar-refractivity contribution in [3.8, 4) is 0 Å². The van der Waals surface area contributed by atoms with Crippen LogP contribution in [-0.4, -0.2) is 50.3 Å². The van der Waals surface area contributed by atoms with Gasteiger partial charge < -0.3 is 10.2 Å². The van der Waals surface area contributed by atoms with E-state index in [1.165, 1.54) is 17.0 Å². The second-order valence-electron chi connectivity index (χ2n) is 9.62. The van der Waals surface area contributed by atoms with E-state index in [1.54, 1.807) is 43.3 Å². The molecule has 2 amide bonds. The lowest BCUT2D eigenvalue weighted by Gasteiger charge is -2.32. The number of carbonyl (C=O) groups excluding carboxylic acids is 2. The van der Waals surface area contributed by atoms with E-state index in [9.17, 15) is 18.0 Å². The first-order chi connectivity index (χ1) is 18.5. The standard InChI is InChI=1S/C30H36ClN3O4S/c1-5-23(3)32-30(36)24(4)33(20-19-25-9-7-6-8-10-25)29(35)21-34(27-15-13-26(31)14-16-27)39(37,38)28-17-11-22(2)12-18-28/h6-18,23-24H,5,19-21H2,1-4H3,(H,32,36). The van der Waals surface area contributed by atoms with E-state index in [0.717, 1.165) is 21.9 Å². The lowest BCUT2D eigenvalue weighted by molar-refractivity contribution is -0.139. The van der Waals surface area contributed by atoms with Crippen LogP contribution in [-0.2, 0) is 26.0 Å². The van der Waals surface area contributed by atoms with Crippen LogP contribution in [0.5, 0.6) is 0 Å². The lowest BCUT2D eigenvalue weighted by atomic mass is 10.1. The number of halogens is 1. The molecule has 2 unspecified atom stereocenters. The summed E-state index contributed by atoms with van der Waals surface area (Å²) in [4.78, 5) is 28.4. The van der Waals surface area contributed by atoms with Gasteiger partial charge in [-0.3, -0.25) is 13.9 Å². The number of anilines is 1. The molecule has 0 bridgehead atoms. The highest BCUT2D eigenvalue weighted by Gasteiger charge is 2.32. The molecule has 3 rings (SSSR count). The third-order valence-electron chi connectivity index (χ3n) is 6.65. The highest BCUT2D eigenvalue weighted by Crippen LogP contribution is 2.26. The highest BCUT2D eigenvalue weighted by molar-refractivity contribution is 7.92. The molecule has 0 saturated carbocycles. The molecular weight excluding hydrogens is 534 g/mol. The number of aryl methyl sites for hydroxylation is 1. The first-order valence-corrected chi connectivity index (χ1v) is 14.8. The Hall–Kier alpha value is -3.36. The maximum absolute atomic E-state index is 13.9. The Bertz CT molecular complexity index is 1350. The van der Waals surface area contributed by atoms with Gasteiger partial charge in [0.25, 0.3) is 10.0 Å². The summed E-state index contributed by atoms with van der Waals surface area (Å²) >= 11 is 6.06. The first-order valence-electron chi connectivity index (χ1n) is 13.0. The summed E-state index contributed by atoms with van der Waals surface area (Å²) in [6.07, 6.45) is 1.26. The minimum atomic E-state index is -4.11. The van der Waals surface area contributed by atoms with Gasteiger partial charge in [-0.2, -0.15) is 0 Å². The fourth-order valence-corrected chi connectivity index (χ4v) is 5.55. The SMILES string of the molecule is CCC(C)NC(=O)C(C)N(CCc1ccccc1)C(=O)CN(c1ccc(Cl)cc1)S(=O)(=O)c1ccc(C)cc1. The van der Waals surface area contributed by atoms with Crippen molar-refractivity contribution in [2.45, 2.75) is 57.5 Å². The summed E-state index contributed by atoms with van der Waals surface area (Å²) in [6.45, 7) is 7.17. The molecule has 208 valence electrons. The largest absolute Gasteiger partial charge is 0.352 e. The summed E-state index contributed by atoms with van der Waals surface area (Å²) in [5, 5.41) is 3.38. The average Bonchev–Trinajstić information content (AvgIpc) is 2.93. The molecule has 3 aromatic carbocycles. The quantitative estimate of drug-likeness (QED) is 0.324. The van der Waals surface area contributed by atoms with E-state index >= 15 is 0 Å². The van der Waals surface area contributed by atoms with Crippen molar-refractivity contribution in [2.75, 3.05) is 17.4 Å². The highest BCUT2D eigenvalue weighted by atomic mass is 35.5. The van der Waals surface area contributed by atoms with Gasteiger partial charge in [0.1, 0.15) is 12.6 Å². The van der Waals surface area contributed by atoms with Crippen LogP contribution in [0.15, 0.2) is 83.8 Å². The van der Waals surface area contributed by atoms with Crippen LogP contribution >= 0.6 is 11.6 Å². The molecule has 0 aliphatic heterocycles. The average molecular weight is 570 g/mol. The van der Waals surface area contributed by atoms with E-state index in [0.29, 0.717) is 17.1 Å². The van der Waals surface area contributed by atoms with Gasteiger partial charge in [-0.25, -0.2) is 8.42 Å². The Labute approximate surface area is 236 Å². The van der Waals surface area contributed by atoms with Crippen molar-refractivity contribution >= 4 is 39.1 Å². The Kier molecular flexibility index (Phi) is 10.5. The van der Waals surface area contributed by atoms with E-state index in [4.69, 9.17) is 11.6 Å². The van der Waals surface area contributed by atoms with Gasteiger partial charge in [0.2, 0.25) is 11.8 Å². The fraction of sp³-hybridized carbons (Fsp3) is 0.333. The summed E-state index contributed by atoms with van der Waals surface area (Å²) in [6, 6.07) is 21.5. The molecule has 0 aliphatic rings. The third-order valence-corrected chi connectivity index (χ3v) is 8.70. The topological polar surface area (TPSA) is 86.8 Å². The fourth-order valence-electron chi connectivity index (χ4n) is 4.01. The monoisotopic (exact) mass is 569 g/mol. The molecule has 1 N–H and O–H groups in total. The predicted octanol–water partition coefficient (Wildman–Crippen LogP) is 5.22. The van der Waals surface area contributed by atoms with Crippen LogP contribution in [0.1, 0.15) is 38.3 Å². The van der Waals surface area contributed by atoms with Crippen LogP contribution in [0.2, 0.25) is 5.02 Å². The molecule has 39 heavy (non-hydrogen) atoms. The minimum Gasteiger partial charge on any atom is -0.352 e. The molecule has 2 atom stereocenters. The van der Waals surface area contributed by atoms with Crippen molar-refractivity contribution in [3.63, 3.8) is 0 Å². The number of amides is 2. The van der Waals surface area contributed by atoms with Crippen LogP contribution in [0.4, 0.5) is 5.69 Å². The summed E-state index contributed by atoms with van der Waals surface area (Å²) in [7, 11) is -4.11. The van der Waals surface area contributed by atoms with Crippen molar-refractivity contribution in [3.05, 3.63) is 95.0 Å². The molecule has 0 fully saturated rings. The normalized spacial score (nSPS) is 12.8. The van der Waals surface area contributed by atoms with E-state index in [2.05, 4.69) is 5.32 Å². The maximum atomic E-state index is 13.9. The number of rotatable bonds is 12. The Morgan fingerprint density at radius 1 is 0.923 bits per heavy atom. The van der Waals surface area contributed by atoms with Crippen molar-refractivity contribution in [2.24, 2.45) is 0 Å². The second kappa shape index (κ2) is 13.6. The maximum Gasteiger partial charge on any atom is 0.264 e.